The maximum absolute atomic E-state index is 6.00. The van der Waals surface area contributed by atoms with Gasteiger partial charge in [-0.2, -0.15) is 4.68 Å². The SMILES string of the molecule is CCc1ccc(-n2nnnc2C2CC2)cc1N. The van der Waals surface area contributed by atoms with Crippen molar-refractivity contribution in [3.05, 3.63) is 29.6 Å². The van der Waals surface area contributed by atoms with E-state index in [1.807, 2.05) is 18.2 Å². The molecule has 0 bridgehead atoms. The Morgan fingerprint density at radius 1 is 1.41 bits per heavy atom. The molecule has 0 unspecified atom stereocenters. The number of tetrazole rings is 1. The quantitative estimate of drug-likeness (QED) is 0.813. The molecule has 1 aliphatic carbocycles. The molecule has 1 aliphatic rings. The van der Waals surface area contributed by atoms with Crippen molar-refractivity contribution in [1.82, 2.24) is 20.2 Å². The number of hydrogen-bond acceptors (Lipinski definition) is 4. The van der Waals surface area contributed by atoms with Gasteiger partial charge in [-0.15, -0.1) is 5.10 Å². The molecule has 17 heavy (non-hydrogen) atoms. The van der Waals surface area contributed by atoms with Crippen LogP contribution in [0.15, 0.2) is 18.2 Å². The van der Waals surface area contributed by atoms with E-state index in [9.17, 15) is 0 Å². The molecular weight excluding hydrogens is 214 g/mol. The molecule has 1 fully saturated rings. The topological polar surface area (TPSA) is 69.6 Å². The summed E-state index contributed by atoms with van der Waals surface area (Å²) < 4.78 is 1.80. The van der Waals surface area contributed by atoms with E-state index < -0.39 is 0 Å². The fourth-order valence-corrected chi connectivity index (χ4v) is 2.01. The maximum atomic E-state index is 6.00. The van der Waals surface area contributed by atoms with E-state index >= 15 is 0 Å². The number of hydrogen-bond donors (Lipinski definition) is 1. The fourth-order valence-electron chi connectivity index (χ4n) is 2.01. The van der Waals surface area contributed by atoms with Gasteiger partial charge >= 0.3 is 0 Å². The number of benzene rings is 1. The Morgan fingerprint density at radius 3 is 2.88 bits per heavy atom. The first-order valence-electron chi connectivity index (χ1n) is 5.96. The van der Waals surface area contributed by atoms with Gasteiger partial charge in [0.05, 0.1) is 5.69 Å². The molecule has 0 radical (unpaired) electrons. The van der Waals surface area contributed by atoms with Crippen molar-refractivity contribution in [2.75, 3.05) is 5.73 Å². The average Bonchev–Trinajstić information content (AvgIpc) is 3.07. The predicted octanol–water partition coefficient (Wildman–Crippen LogP) is 1.68. The zero-order valence-electron chi connectivity index (χ0n) is 9.80. The molecule has 0 spiro atoms. The van der Waals surface area contributed by atoms with Crippen LogP contribution >= 0.6 is 0 Å². The summed E-state index contributed by atoms with van der Waals surface area (Å²) >= 11 is 0. The largest absolute Gasteiger partial charge is 0.398 e. The predicted molar refractivity (Wildman–Crippen MR) is 64.9 cm³/mol. The molecule has 1 heterocycles. The van der Waals surface area contributed by atoms with Crippen LogP contribution in [0.1, 0.15) is 37.1 Å². The second kappa shape index (κ2) is 3.84. The molecule has 1 aromatic heterocycles. The lowest BCUT2D eigenvalue weighted by Crippen LogP contribution is -2.04. The molecule has 3 rings (SSSR count). The lowest BCUT2D eigenvalue weighted by Gasteiger charge is -2.07. The third-order valence-electron chi connectivity index (χ3n) is 3.19. The lowest BCUT2D eigenvalue weighted by atomic mass is 10.1. The van der Waals surface area contributed by atoms with Gasteiger partial charge < -0.3 is 5.73 Å². The van der Waals surface area contributed by atoms with Crippen LogP contribution in [0.3, 0.4) is 0 Å². The minimum atomic E-state index is 0.525. The Kier molecular flexibility index (Phi) is 2.31. The number of aromatic nitrogens is 4. The summed E-state index contributed by atoms with van der Waals surface area (Å²) in [5.74, 6) is 1.48. The van der Waals surface area contributed by atoms with Crippen LogP contribution in [0.5, 0.6) is 0 Å². The lowest BCUT2D eigenvalue weighted by molar-refractivity contribution is 0.763. The molecule has 5 nitrogen and oxygen atoms in total. The minimum absolute atomic E-state index is 0.525. The molecule has 0 saturated heterocycles. The summed E-state index contributed by atoms with van der Waals surface area (Å²) in [4.78, 5) is 0. The van der Waals surface area contributed by atoms with Gasteiger partial charge in [0.1, 0.15) is 0 Å². The maximum Gasteiger partial charge on any atom is 0.159 e. The Balaban J connectivity index is 2.02. The Hall–Kier alpha value is -1.91. The van der Waals surface area contributed by atoms with Gasteiger partial charge in [0.15, 0.2) is 5.82 Å². The van der Waals surface area contributed by atoms with Gasteiger partial charge in [0.25, 0.3) is 0 Å². The van der Waals surface area contributed by atoms with Crippen LogP contribution in [0.25, 0.3) is 5.69 Å². The highest BCUT2D eigenvalue weighted by Gasteiger charge is 2.29. The smallest absolute Gasteiger partial charge is 0.159 e. The molecule has 88 valence electrons. The summed E-state index contributed by atoms with van der Waals surface area (Å²) in [6.45, 7) is 2.10. The first-order chi connectivity index (χ1) is 8.29. The standard InChI is InChI=1S/C12H15N5/c1-2-8-5-6-10(7-11(8)13)17-12(9-3-4-9)14-15-16-17/h5-7,9H,2-4,13H2,1H3. The van der Waals surface area contributed by atoms with Crippen molar-refractivity contribution in [3.63, 3.8) is 0 Å². The average molecular weight is 229 g/mol. The van der Waals surface area contributed by atoms with E-state index in [0.717, 1.165) is 29.2 Å². The first kappa shape index (κ1) is 10.3. The molecule has 5 heteroatoms. The number of nitrogens with two attached hydrogens (primary N) is 1. The van der Waals surface area contributed by atoms with Crippen LogP contribution in [0, 0.1) is 0 Å². The van der Waals surface area contributed by atoms with Gasteiger partial charge in [0.2, 0.25) is 0 Å². The molecular formula is C12H15N5. The molecule has 1 saturated carbocycles. The van der Waals surface area contributed by atoms with E-state index in [4.69, 9.17) is 5.73 Å². The fraction of sp³-hybridized carbons (Fsp3) is 0.417. The van der Waals surface area contributed by atoms with Crippen molar-refractivity contribution < 1.29 is 0 Å². The van der Waals surface area contributed by atoms with E-state index in [0.29, 0.717) is 5.92 Å². The highest BCUT2D eigenvalue weighted by atomic mass is 15.5. The zero-order valence-corrected chi connectivity index (χ0v) is 9.80. The summed E-state index contributed by atoms with van der Waals surface area (Å²) in [6.07, 6.45) is 3.31. The highest BCUT2D eigenvalue weighted by molar-refractivity contribution is 5.54. The van der Waals surface area contributed by atoms with Crippen LogP contribution in [-0.2, 0) is 6.42 Å². The van der Waals surface area contributed by atoms with Gasteiger partial charge in [-0.25, -0.2) is 0 Å². The van der Waals surface area contributed by atoms with Gasteiger partial charge in [-0.1, -0.05) is 13.0 Å². The van der Waals surface area contributed by atoms with E-state index in [2.05, 4.69) is 22.4 Å². The third kappa shape index (κ3) is 1.77. The minimum Gasteiger partial charge on any atom is -0.398 e. The molecule has 0 atom stereocenters. The zero-order chi connectivity index (χ0) is 11.8. The van der Waals surface area contributed by atoms with Crippen LogP contribution < -0.4 is 5.73 Å². The second-order valence-electron chi connectivity index (χ2n) is 4.46. The van der Waals surface area contributed by atoms with E-state index in [1.165, 1.54) is 12.8 Å². The Labute approximate surface area is 99.6 Å². The van der Waals surface area contributed by atoms with Gasteiger partial charge in [0, 0.05) is 11.6 Å². The molecule has 0 amide bonds. The first-order valence-corrected chi connectivity index (χ1v) is 5.96. The molecule has 0 aliphatic heterocycles. The van der Waals surface area contributed by atoms with Crippen molar-refractivity contribution in [3.8, 4) is 5.69 Å². The highest BCUT2D eigenvalue weighted by Crippen LogP contribution is 2.39. The molecule has 2 N–H and O–H groups in total. The van der Waals surface area contributed by atoms with Crippen LogP contribution in [0.2, 0.25) is 0 Å². The van der Waals surface area contributed by atoms with Crippen molar-refractivity contribution in [2.24, 2.45) is 0 Å². The Morgan fingerprint density at radius 2 is 2.24 bits per heavy atom. The molecule has 2 aromatic rings. The number of nitrogen functional groups attached to an aromatic ring is 1. The number of aryl methyl sites for hydroxylation is 1. The van der Waals surface area contributed by atoms with Crippen LogP contribution in [0.4, 0.5) is 5.69 Å². The van der Waals surface area contributed by atoms with Gasteiger partial charge in [-0.05, 0) is 47.4 Å². The van der Waals surface area contributed by atoms with Gasteiger partial charge in [-0.3, -0.25) is 0 Å². The monoisotopic (exact) mass is 229 g/mol. The van der Waals surface area contributed by atoms with E-state index in [-0.39, 0.29) is 0 Å². The summed E-state index contributed by atoms with van der Waals surface area (Å²) in [5.41, 5.74) is 8.92. The van der Waals surface area contributed by atoms with E-state index in [1.54, 1.807) is 4.68 Å². The Bertz CT molecular complexity index is 542. The second-order valence-corrected chi connectivity index (χ2v) is 4.46. The van der Waals surface area contributed by atoms with Crippen molar-refractivity contribution >= 4 is 5.69 Å². The number of rotatable bonds is 3. The summed E-state index contributed by atoms with van der Waals surface area (Å²) in [7, 11) is 0. The van der Waals surface area contributed by atoms with Crippen molar-refractivity contribution in [1.29, 1.82) is 0 Å². The number of anilines is 1. The summed E-state index contributed by atoms with van der Waals surface area (Å²) in [5, 5.41) is 11.9. The van der Waals surface area contributed by atoms with Crippen LogP contribution in [-0.4, -0.2) is 20.2 Å². The summed E-state index contributed by atoms with van der Waals surface area (Å²) in [6, 6.07) is 6.02. The van der Waals surface area contributed by atoms with Crippen molar-refractivity contribution in [2.45, 2.75) is 32.1 Å². The number of nitrogens with zero attached hydrogens (tertiary/aromatic N) is 4. The molecule has 1 aromatic carbocycles. The third-order valence-corrected chi connectivity index (χ3v) is 3.19. The normalized spacial score (nSPS) is 15.1.